The quantitative estimate of drug-likeness (QED) is 0.650. The number of rotatable bonds is 1. The van der Waals surface area contributed by atoms with Crippen LogP contribution in [0.15, 0.2) is 56.5 Å². The van der Waals surface area contributed by atoms with Gasteiger partial charge in [-0.25, -0.2) is 0 Å². The normalized spacial score (nSPS) is 14.4. The van der Waals surface area contributed by atoms with Gasteiger partial charge in [-0.05, 0) is 0 Å². The summed E-state index contributed by atoms with van der Waals surface area (Å²) in [6, 6.07) is 0. The van der Waals surface area contributed by atoms with E-state index in [1.54, 1.807) is 18.5 Å². The molecule has 0 aromatic carbocycles. The van der Waals surface area contributed by atoms with Gasteiger partial charge in [0.05, 0.1) is 0 Å². The number of hydrogen-bond donors (Lipinski definition) is 0. The van der Waals surface area contributed by atoms with Gasteiger partial charge in [0.1, 0.15) is 0 Å². The van der Waals surface area contributed by atoms with E-state index in [4.69, 9.17) is 0 Å². The van der Waals surface area contributed by atoms with Crippen molar-refractivity contribution in [1.29, 1.82) is 0 Å². The summed E-state index contributed by atoms with van der Waals surface area (Å²) in [7, 11) is 0. The van der Waals surface area contributed by atoms with Crippen molar-refractivity contribution in [2.24, 2.45) is 25.9 Å². The number of allylic oxidation sites excluding steroid dienone is 1. The van der Waals surface area contributed by atoms with Gasteiger partial charge >= 0.3 is 79.6 Å². The van der Waals surface area contributed by atoms with Crippen LogP contribution < -0.4 is 0 Å². The molecule has 0 aliphatic carbocycles. The van der Waals surface area contributed by atoms with Crippen LogP contribution in [0.2, 0.25) is 0 Å². The van der Waals surface area contributed by atoms with Crippen LogP contribution in [0.3, 0.4) is 0 Å². The third kappa shape index (κ3) is 2.00. The minimum absolute atomic E-state index is 0.653. The Morgan fingerprint density at radius 1 is 1.14 bits per heavy atom. The molecular formula is C7H5BN6. The van der Waals surface area contributed by atoms with Gasteiger partial charge in [-0.1, -0.05) is 0 Å². The summed E-state index contributed by atoms with van der Waals surface area (Å²) < 4.78 is 0. The van der Waals surface area contributed by atoms with Crippen molar-refractivity contribution >= 4 is 12.6 Å². The molecule has 1 aliphatic heterocycles. The summed E-state index contributed by atoms with van der Waals surface area (Å²) in [5, 5.41) is 17.6. The fourth-order valence-electron chi connectivity index (χ4n) is 0.944. The first-order valence-corrected chi connectivity index (χ1v) is 3.91. The van der Waals surface area contributed by atoms with E-state index in [9.17, 15) is 0 Å². The Morgan fingerprint density at radius 2 is 2.14 bits per heavy atom. The van der Waals surface area contributed by atoms with E-state index >= 15 is 0 Å². The summed E-state index contributed by atoms with van der Waals surface area (Å²) in [4.78, 5) is 3.97. The molecule has 0 spiro atoms. The Kier molecular flexibility index (Phi) is 2.60. The van der Waals surface area contributed by atoms with Crippen LogP contribution in [-0.2, 0) is 0 Å². The van der Waals surface area contributed by atoms with Crippen molar-refractivity contribution in [3.63, 3.8) is 0 Å². The molecule has 0 saturated heterocycles. The Balaban J connectivity index is 2.35. The van der Waals surface area contributed by atoms with Gasteiger partial charge < -0.3 is 0 Å². The first kappa shape index (κ1) is 8.55. The zero-order valence-electron chi connectivity index (χ0n) is 7.15. The maximum atomic E-state index is 3.97. The van der Waals surface area contributed by atoms with Gasteiger partial charge in [0, 0.05) is 0 Å². The average Bonchev–Trinajstić information content (AvgIpc) is 2.18. The summed E-state index contributed by atoms with van der Waals surface area (Å²) in [6.07, 6.45) is 6.58. The SMILES string of the molecule is b1ccncc1C1=NN=NN=NC=C1. The molecule has 1 aromatic rings. The van der Waals surface area contributed by atoms with Gasteiger partial charge in [-0.2, -0.15) is 0 Å². The summed E-state index contributed by atoms with van der Waals surface area (Å²) in [5.74, 6) is 1.82. The number of aromatic nitrogens is 1. The van der Waals surface area contributed by atoms with E-state index in [1.807, 2.05) is 12.9 Å². The molecule has 0 amide bonds. The van der Waals surface area contributed by atoms with E-state index in [0.29, 0.717) is 5.71 Å². The number of nitrogens with zero attached hydrogens (tertiary/aromatic N) is 6. The van der Waals surface area contributed by atoms with E-state index in [0.717, 1.165) is 5.46 Å². The van der Waals surface area contributed by atoms with Crippen LogP contribution in [0.4, 0.5) is 0 Å². The molecule has 6 nitrogen and oxygen atoms in total. The Bertz CT molecular complexity index is 421. The third-order valence-corrected chi connectivity index (χ3v) is 1.54. The fraction of sp³-hybridized carbons (Fsp3) is 0. The van der Waals surface area contributed by atoms with Crippen molar-refractivity contribution in [1.82, 2.24) is 4.98 Å². The number of hydrogen-bond acceptors (Lipinski definition) is 6. The van der Waals surface area contributed by atoms with Crippen LogP contribution in [-0.4, -0.2) is 17.6 Å². The Labute approximate surface area is 80.4 Å². The van der Waals surface area contributed by atoms with Gasteiger partial charge in [0.2, 0.25) is 0 Å². The molecule has 0 N–H and O–H groups in total. The Morgan fingerprint density at radius 3 is 3.00 bits per heavy atom. The van der Waals surface area contributed by atoms with Crippen LogP contribution in [0.1, 0.15) is 5.46 Å². The van der Waals surface area contributed by atoms with Gasteiger partial charge in [0.15, 0.2) is 0 Å². The molecular weight excluding hydrogens is 179 g/mol. The second-order valence-electron chi connectivity index (χ2n) is 2.43. The standard InChI is InChI=1S/C7H5BN6/c1-3-10-12-14-13-11-7(1)6-5-9-4-2-8-6/h1-5H. The first-order valence-electron chi connectivity index (χ1n) is 3.91. The van der Waals surface area contributed by atoms with Crippen molar-refractivity contribution in [2.75, 3.05) is 0 Å². The average molecular weight is 184 g/mol. The molecule has 0 saturated carbocycles. The van der Waals surface area contributed by atoms with Gasteiger partial charge in [0.25, 0.3) is 0 Å². The summed E-state index contributed by atoms with van der Waals surface area (Å²) in [6.45, 7) is 1.88. The van der Waals surface area contributed by atoms with Crippen molar-refractivity contribution < 1.29 is 0 Å². The van der Waals surface area contributed by atoms with Crippen LogP contribution in [0.25, 0.3) is 0 Å². The molecule has 2 rings (SSSR count). The molecule has 0 atom stereocenters. The van der Waals surface area contributed by atoms with Gasteiger partial charge in [-0.3, -0.25) is 0 Å². The molecule has 0 radical (unpaired) electrons. The second-order valence-corrected chi connectivity index (χ2v) is 2.43. The molecule has 1 aromatic heterocycles. The van der Waals surface area contributed by atoms with E-state index in [1.165, 1.54) is 6.20 Å². The first-order chi connectivity index (χ1) is 6.97. The van der Waals surface area contributed by atoms with Crippen molar-refractivity contribution in [3.8, 4) is 0 Å². The monoisotopic (exact) mass is 184 g/mol. The molecule has 2 heterocycles. The van der Waals surface area contributed by atoms with E-state index in [2.05, 4.69) is 30.9 Å². The molecule has 14 heavy (non-hydrogen) atoms. The topological polar surface area (TPSA) is 74.7 Å². The fourth-order valence-corrected chi connectivity index (χ4v) is 0.944. The molecule has 0 fully saturated rings. The third-order valence-electron chi connectivity index (χ3n) is 1.54. The molecule has 0 unspecified atom stereocenters. The zero-order chi connectivity index (χ0) is 9.64. The minimum atomic E-state index is 0.653. The summed E-state index contributed by atoms with van der Waals surface area (Å²) >= 11 is 0. The van der Waals surface area contributed by atoms with Crippen LogP contribution in [0.5, 0.6) is 0 Å². The van der Waals surface area contributed by atoms with Gasteiger partial charge in [-0.15, -0.1) is 0 Å². The molecule has 66 valence electrons. The predicted octanol–water partition coefficient (Wildman–Crippen LogP) is 1.47. The summed E-state index contributed by atoms with van der Waals surface area (Å²) in [5.41, 5.74) is 1.51. The molecule has 0 bridgehead atoms. The molecule has 1 aliphatic rings. The maximum absolute atomic E-state index is 3.97. The molecule has 7 heteroatoms. The Hall–Kier alpha value is -2.05. The second kappa shape index (κ2) is 4.26. The van der Waals surface area contributed by atoms with E-state index in [-0.39, 0.29) is 0 Å². The van der Waals surface area contributed by atoms with Crippen LogP contribution >= 0.6 is 0 Å². The van der Waals surface area contributed by atoms with Crippen molar-refractivity contribution in [3.05, 3.63) is 36.1 Å². The zero-order valence-corrected chi connectivity index (χ0v) is 7.15. The predicted molar refractivity (Wildman–Crippen MR) is 51.0 cm³/mol. The van der Waals surface area contributed by atoms with E-state index < -0.39 is 0 Å². The van der Waals surface area contributed by atoms with Crippen molar-refractivity contribution in [2.45, 2.75) is 0 Å². The van der Waals surface area contributed by atoms with Crippen LogP contribution in [0, 0.1) is 0 Å².